The van der Waals surface area contributed by atoms with Crippen molar-refractivity contribution < 1.29 is 19.1 Å². The van der Waals surface area contributed by atoms with Crippen LogP contribution in [0.3, 0.4) is 0 Å². The van der Waals surface area contributed by atoms with E-state index in [-0.39, 0.29) is 12.5 Å². The largest absolute Gasteiger partial charge is 0.479 e. The van der Waals surface area contributed by atoms with Crippen molar-refractivity contribution in [2.24, 2.45) is 0 Å². The third-order valence-corrected chi connectivity index (χ3v) is 4.53. The molecular formula is C25H25NO4. The summed E-state index contributed by atoms with van der Waals surface area (Å²) >= 11 is 0. The molecule has 0 bridgehead atoms. The summed E-state index contributed by atoms with van der Waals surface area (Å²) in [5, 5.41) is 2.90. The molecule has 1 N–H and O–H groups in total. The minimum absolute atomic E-state index is 0.146. The fourth-order valence-electron chi connectivity index (χ4n) is 2.85. The molecular weight excluding hydrogens is 378 g/mol. The molecule has 0 fully saturated rings. The van der Waals surface area contributed by atoms with Gasteiger partial charge in [0.1, 0.15) is 12.4 Å². The lowest BCUT2D eigenvalue weighted by atomic mass is 10.1. The van der Waals surface area contributed by atoms with Gasteiger partial charge in [-0.3, -0.25) is 4.79 Å². The van der Waals surface area contributed by atoms with Crippen molar-refractivity contribution in [3.63, 3.8) is 0 Å². The van der Waals surface area contributed by atoms with Crippen molar-refractivity contribution in [1.82, 2.24) is 5.32 Å². The van der Waals surface area contributed by atoms with Gasteiger partial charge in [0.05, 0.1) is 0 Å². The van der Waals surface area contributed by atoms with E-state index in [1.807, 2.05) is 60.7 Å². The summed E-state index contributed by atoms with van der Waals surface area (Å²) in [6, 6.07) is 26.2. The van der Waals surface area contributed by atoms with Crippen molar-refractivity contribution in [2.75, 3.05) is 6.54 Å². The summed E-state index contributed by atoms with van der Waals surface area (Å²) in [4.78, 5) is 24.4. The molecule has 0 aliphatic heterocycles. The van der Waals surface area contributed by atoms with Crippen LogP contribution in [0.15, 0.2) is 84.9 Å². The lowest BCUT2D eigenvalue weighted by Crippen LogP contribution is -2.26. The predicted octanol–water partition coefficient (Wildman–Crippen LogP) is 4.17. The average Bonchev–Trinajstić information content (AvgIpc) is 2.79. The van der Waals surface area contributed by atoms with E-state index >= 15 is 0 Å². The first-order chi connectivity index (χ1) is 14.6. The van der Waals surface area contributed by atoms with Crippen molar-refractivity contribution >= 4 is 11.9 Å². The SMILES string of the molecule is CC(Oc1ccc(C(=O)NCCc2ccccc2)cc1)C(=O)OCc1ccccc1. The quantitative estimate of drug-likeness (QED) is 0.545. The van der Waals surface area contributed by atoms with Crippen molar-refractivity contribution in [3.8, 4) is 5.75 Å². The monoisotopic (exact) mass is 403 g/mol. The van der Waals surface area contributed by atoms with E-state index in [9.17, 15) is 9.59 Å². The molecule has 1 atom stereocenters. The van der Waals surface area contributed by atoms with Crippen molar-refractivity contribution in [2.45, 2.75) is 26.1 Å². The highest BCUT2D eigenvalue weighted by Gasteiger charge is 2.16. The van der Waals surface area contributed by atoms with Gasteiger partial charge < -0.3 is 14.8 Å². The highest BCUT2D eigenvalue weighted by Crippen LogP contribution is 2.15. The molecule has 1 unspecified atom stereocenters. The second-order valence-corrected chi connectivity index (χ2v) is 6.87. The molecule has 0 heterocycles. The zero-order chi connectivity index (χ0) is 21.2. The van der Waals surface area contributed by atoms with Crippen LogP contribution in [0.1, 0.15) is 28.4 Å². The molecule has 0 aliphatic carbocycles. The molecule has 1 amide bonds. The topological polar surface area (TPSA) is 64.6 Å². The first-order valence-electron chi connectivity index (χ1n) is 9.91. The van der Waals surface area contributed by atoms with Crippen LogP contribution in [0.2, 0.25) is 0 Å². The second-order valence-electron chi connectivity index (χ2n) is 6.87. The van der Waals surface area contributed by atoms with Crippen molar-refractivity contribution in [1.29, 1.82) is 0 Å². The highest BCUT2D eigenvalue weighted by atomic mass is 16.6. The molecule has 3 aromatic rings. The number of amides is 1. The van der Waals surface area contributed by atoms with Gasteiger partial charge in [-0.25, -0.2) is 4.79 Å². The van der Waals surface area contributed by atoms with E-state index in [0.29, 0.717) is 17.9 Å². The Morgan fingerprint density at radius 1 is 0.833 bits per heavy atom. The Morgan fingerprint density at radius 2 is 1.43 bits per heavy atom. The second kappa shape index (κ2) is 10.8. The maximum absolute atomic E-state index is 12.3. The van der Waals surface area contributed by atoms with Gasteiger partial charge >= 0.3 is 5.97 Å². The Labute approximate surface area is 176 Å². The summed E-state index contributed by atoms with van der Waals surface area (Å²) in [5.74, 6) is -0.0885. The Morgan fingerprint density at radius 3 is 2.07 bits per heavy atom. The van der Waals surface area contributed by atoms with Crippen LogP contribution < -0.4 is 10.1 Å². The Hall–Kier alpha value is -3.60. The summed E-state index contributed by atoms with van der Waals surface area (Å²) < 4.78 is 10.9. The minimum Gasteiger partial charge on any atom is -0.479 e. The van der Waals surface area contributed by atoms with Gasteiger partial charge in [-0.2, -0.15) is 0 Å². The minimum atomic E-state index is -0.751. The van der Waals surface area contributed by atoms with Crippen molar-refractivity contribution in [3.05, 3.63) is 102 Å². The summed E-state index contributed by atoms with van der Waals surface area (Å²) in [6.07, 6.45) is 0.0235. The standard InChI is InChI=1S/C25H25NO4/c1-19(25(28)29-18-21-10-6-3-7-11-21)30-23-14-12-22(13-15-23)24(27)26-17-16-20-8-4-2-5-9-20/h2-15,19H,16-18H2,1H3,(H,26,27). The average molecular weight is 403 g/mol. The number of benzene rings is 3. The lowest BCUT2D eigenvalue weighted by molar-refractivity contribution is -0.152. The predicted molar refractivity (Wildman–Crippen MR) is 115 cm³/mol. The summed E-state index contributed by atoms with van der Waals surface area (Å²) in [5.41, 5.74) is 2.63. The molecule has 3 aromatic carbocycles. The molecule has 0 saturated carbocycles. The summed E-state index contributed by atoms with van der Waals surface area (Å²) in [7, 11) is 0. The molecule has 0 aliphatic rings. The smallest absolute Gasteiger partial charge is 0.347 e. The number of hydrogen-bond donors (Lipinski definition) is 1. The number of nitrogens with one attached hydrogen (secondary N) is 1. The van der Waals surface area contributed by atoms with Gasteiger partial charge in [0.2, 0.25) is 0 Å². The number of rotatable bonds is 9. The van der Waals surface area contributed by atoms with Gasteiger partial charge in [-0.15, -0.1) is 0 Å². The van der Waals surface area contributed by atoms with Crippen LogP contribution in [0, 0.1) is 0 Å². The fourth-order valence-corrected chi connectivity index (χ4v) is 2.85. The van der Waals surface area contributed by atoms with Crippen LogP contribution in [-0.2, 0) is 22.6 Å². The van der Waals surface area contributed by atoms with Crippen LogP contribution >= 0.6 is 0 Å². The van der Waals surface area contributed by atoms with E-state index in [1.54, 1.807) is 31.2 Å². The number of esters is 1. The summed E-state index contributed by atoms with van der Waals surface area (Å²) in [6.45, 7) is 2.40. The Bertz CT molecular complexity index is 940. The van der Waals surface area contributed by atoms with E-state index in [0.717, 1.165) is 12.0 Å². The number of hydrogen-bond acceptors (Lipinski definition) is 4. The zero-order valence-corrected chi connectivity index (χ0v) is 16.9. The first kappa shape index (κ1) is 21.1. The van der Waals surface area contributed by atoms with Crippen LogP contribution in [0.4, 0.5) is 0 Å². The van der Waals surface area contributed by atoms with E-state index < -0.39 is 12.1 Å². The Kier molecular flexibility index (Phi) is 7.61. The molecule has 0 radical (unpaired) electrons. The molecule has 30 heavy (non-hydrogen) atoms. The van der Waals surface area contributed by atoms with Gasteiger partial charge in [0.25, 0.3) is 5.91 Å². The molecule has 0 aromatic heterocycles. The Balaban J connectivity index is 1.43. The normalized spacial score (nSPS) is 11.4. The van der Waals surface area contributed by atoms with Gasteiger partial charge in [0.15, 0.2) is 6.10 Å². The number of carbonyl (C=O) groups is 2. The van der Waals surface area contributed by atoms with Gasteiger partial charge in [-0.1, -0.05) is 60.7 Å². The van der Waals surface area contributed by atoms with Crippen LogP contribution in [-0.4, -0.2) is 24.5 Å². The third-order valence-electron chi connectivity index (χ3n) is 4.53. The third kappa shape index (κ3) is 6.48. The molecule has 3 rings (SSSR count). The van der Waals surface area contributed by atoms with E-state index in [4.69, 9.17) is 9.47 Å². The zero-order valence-electron chi connectivity index (χ0n) is 16.9. The first-order valence-corrected chi connectivity index (χ1v) is 9.91. The highest BCUT2D eigenvalue weighted by molar-refractivity contribution is 5.94. The van der Waals surface area contributed by atoms with Crippen LogP contribution in [0.25, 0.3) is 0 Å². The van der Waals surface area contributed by atoms with E-state index in [1.165, 1.54) is 5.56 Å². The molecule has 0 saturated heterocycles. The van der Waals surface area contributed by atoms with Gasteiger partial charge in [0, 0.05) is 12.1 Å². The van der Waals surface area contributed by atoms with Crippen LogP contribution in [0.5, 0.6) is 5.75 Å². The molecule has 0 spiro atoms. The maximum atomic E-state index is 12.3. The number of carbonyl (C=O) groups excluding carboxylic acids is 2. The lowest BCUT2D eigenvalue weighted by Gasteiger charge is -2.14. The molecule has 5 nitrogen and oxygen atoms in total. The fraction of sp³-hybridized carbons (Fsp3) is 0.200. The molecule has 5 heteroatoms. The number of ether oxygens (including phenoxy) is 2. The molecule has 154 valence electrons. The van der Waals surface area contributed by atoms with Gasteiger partial charge in [-0.05, 0) is 48.7 Å². The maximum Gasteiger partial charge on any atom is 0.347 e. The van der Waals surface area contributed by atoms with E-state index in [2.05, 4.69) is 5.32 Å².